The zero-order valence-corrected chi connectivity index (χ0v) is 14.4. The van der Waals surface area contributed by atoms with Gasteiger partial charge in [0, 0.05) is 45.0 Å². The van der Waals surface area contributed by atoms with Crippen molar-refractivity contribution in [3.8, 4) is 5.88 Å². The van der Waals surface area contributed by atoms with Gasteiger partial charge in [-0.2, -0.15) is 0 Å². The fourth-order valence-corrected chi connectivity index (χ4v) is 3.59. The molecular weight excluding hydrogens is 334 g/mol. The third kappa shape index (κ3) is 4.02. The van der Waals surface area contributed by atoms with Gasteiger partial charge in [-0.15, -0.1) is 11.3 Å². The van der Waals surface area contributed by atoms with E-state index in [1.807, 2.05) is 23.2 Å². The summed E-state index contributed by atoms with van der Waals surface area (Å²) in [6, 6.07) is 7.46. The van der Waals surface area contributed by atoms with E-state index in [1.54, 1.807) is 19.2 Å². The summed E-state index contributed by atoms with van der Waals surface area (Å²) >= 11 is 7.24. The number of hydrogen-bond donors (Lipinski definition) is 0. The van der Waals surface area contributed by atoms with Gasteiger partial charge in [0.25, 0.3) is 5.91 Å². The van der Waals surface area contributed by atoms with Gasteiger partial charge in [-0.1, -0.05) is 17.7 Å². The molecule has 23 heavy (non-hydrogen) atoms. The van der Waals surface area contributed by atoms with E-state index < -0.39 is 0 Å². The van der Waals surface area contributed by atoms with Crippen LogP contribution in [-0.4, -0.2) is 54.0 Å². The molecule has 7 heteroatoms. The largest absolute Gasteiger partial charge is 0.481 e. The fourth-order valence-electron chi connectivity index (χ4n) is 2.58. The number of carbonyl (C=O) groups is 1. The Kier molecular flexibility index (Phi) is 5.15. The second-order valence-corrected chi connectivity index (χ2v) is 7.10. The molecule has 1 aliphatic rings. The van der Waals surface area contributed by atoms with Gasteiger partial charge in [0.05, 0.1) is 16.3 Å². The number of halogens is 1. The lowest BCUT2D eigenvalue weighted by molar-refractivity contribution is 0.0633. The van der Waals surface area contributed by atoms with Crippen molar-refractivity contribution in [1.29, 1.82) is 0 Å². The summed E-state index contributed by atoms with van der Waals surface area (Å²) in [5.74, 6) is 0.700. The van der Waals surface area contributed by atoms with E-state index in [4.69, 9.17) is 16.3 Å². The molecule has 2 aromatic heterocycles. The molecule has 3 heterocycles. The Hall–Kier alpha value is -1.63. The van der Waals surface area contributed by atoms with Crippen molar-refractivity contribution in [2.45, 2.75) is 6.54 Å². The molecule has 3 rings (SSSR count). The van der Waals surface area contributed by atoms with E-state index in [9.17, 15) is 4.79 Å². The first-order chi connectivity index (χ1) is 11.2. The zero-order valence-electron chi connectivity index (χ0n) is 12.9. The van der Waals surface area contributed by atoms with Crippen LogP contribution in [0.1, 0.15) is 15.2 Å². The molecule has 2 aromatic rings. The number of carbonyl (C=O) groups excluding carboxylic acids is 1. The maximum Gasteiger partial charge on any atom is 0.264 e. The van der Waals surface area contributed by atoms with Crippen molar-refractivity contribution in [2.75, 3.05) is 33.3 Å². The van der Waals surface area contributed by atoms with E-state index >= 15 is 0 Å². The molecule has 0 aliphatic carbocycles. The highest BCUT2D eigenvalue weighted by atomic mass is 35.5. The maximum atomic E-state index is 12.4. The van der Waals surface area contributed by atoms with Crippen LogP contribution in [0.25, 0.3) is 0 Å². The number of pyridine rings is 1. The van der Waals surface area contributed by atoms with Crippen LogP contribution in [0.15, 0.2) is 30.5 Å². The van der Waals surface area contributed by atoms with E-state index in [-0.39, 0.29) is 5.91 Å². The number of ether oxygens (including phenoxy) is 1. The van der Waals surface area contributed by atoms with Gasteiger partial charge >= 0.3 is 0 Å². The molecule has 0 bridgehead atoms. The molecule has 0 radical (unpaired) electrons. The summed E-state index contributed by atoms with van der Waals surface area (Å²) in [5, 5.41) is 0. The van der Waals surface area contributed by atoms with Gasteiger partial charge < -0.3 is 9.64 Å². The second kappa shape index (κ2) is 7.29. The van der Waals surface area contributed by atoms with Crippen LogP contribution in [0.4, 0.5) is 0 Å². The van der Waals surface area contributed by atoms with Crippen molar-refractivity contribution in [3.63, 3.8) is 0 Å². The minimum absolute atomic E-state index is 0.0765. The third-order valence-electron chi connectivity index (χ3n) is 3.86. The topological polar surface area (TPSA) is 45.7 Å². The molecule has 1 saturated heterocycles. The maximum absolute atomic E-state index is 12.4. The van der Waals surface area contributed by atoms with Crippen molar-refractivity contribution in [3.05, 3.63) is 45.2 Å². The number of rotatable bonds is 4. The van der Waals surface area contributed by atoms with Crippen molar-refractivity contribution in [1.82, 2.24) is 14.8 Å². The minimum Gasteiger partial charge on any atom is -0.481 e. The lowest BCUT2D eigenvalue weighted by atomic mass is 10.2. The van der Waals surface area contributed by atoms with Gasteiger partial charge in [0.1, 0.15) is 0 Å². The second-order valence-electron chi connectivity index (χ2n) is 5.38. The van der Waals surface area contributed by atoms with Crippen LogP contribution in [0.5, 0.6) is 5.88 Å². The Morgan fingerprint density at radius 2 is 2.04 bits per heavy atom. The molecule has 1 amide bonds. The average Bonchev–Trinajstić information content (AvgIpc) is 3.02. The number of thiophene rings is 1. The molecule has 122 valence electrons. The summed E-state index contributed by atoms with van der Waals surface area (Å²) in [7, 11) is 1.61. The number of aromatic nitrogens is 1. The number of methoxy groups -OCH3 is 1. The predicted octanol–water partition coefficient (Wildman–Crippen LogP) is 2.76. The summed E-state index contributed by atoms with van der Waals surface area (Å²) < 4.78 is 5.72. The first kappa shape index (κ1) is 16.2. The predicted molar refractivity (Wildman–Crippen MR) is 91.3 cm³/mol. The van der Waals surface area contributed by atoms with Crippen molar-refractivity contribution >= 4 is 28.8 Å². The highest BCUT2D eigenvalue weighted by Crippen LogP contribution is 2.23. The Bertz CT molecular complexity index is 666. The highest BCUT2D eigenvalue weighted by molar-refractivity contribution is 7.17. The summed E-state index contributed by atoms with van der Waals surface area (Å²) in [6.45, 7) is 4.02. The molecular formula is C16H18ClN3O2S. The van der Waals surface area contributed by atoms with Crippen LogP contribution < -0.4 is 4.74 Å². The first-order valence-corrected chi connectivity index (χ1v) is 8.61. The van der Waals surface area contributed by atoms with Crippen LogP contribution in [0.2, 0.25) is 4.34 Å². The summed E-state index contributed by atoms with van der Waals surface area (Å²) in [4.78, 5) is 21.5. The molecule has 0 spiro atoms. The van der Waals surface area contributed by atoms with Gasteiger partial charge in [0.2, 0.25) is 5.88 Å². The number of amides is 1. The first-order valence-electron chi connectivity index (χ1n) is 7.41. The minimum atomic E-state index is 0.0765. The SMILES string of the molecule is COc1ccc(CN2CCN(C(=O)c3ccc(Cl)s3)CC2)cn1. The quantitative estimate of drug-likeness (QED) is 0.849. The standard InChI is InChI=1S/C16H18ClN3O2S/c1-22-15-5-2-12(10-18-15)11-19-6-8-20(9-7-19)16(21)13-3-4-14(17)23-13/h2-5,10H,6-9,11H2,1H3. The Labute approximate surface area is 144 Å². The Balaban J connectivity index is 1.52. The third-order valence-corrected chi connectivity index (χ3v) is 5.08. The smallest absolute Gasteiger partial charge is 0.264 e. The molecule has 0 unspecified atom stereocenters. The lowest BCUT2D eigenvalue weighted by Crippen LogP contribution is -2.48. The molecule has 0 atom stereocenters. The molecule has 5 nitrogen and oxygen atoms in total. The van der Waals surface area contributed by atoms with Crippen LogP contribution in [0, 0.1) is 0 Å². The Morgan fingerprint density at radius 1 is 1.26 bits per heavy atom. The van der Waals surface area contributed by atoms with Crippen LogP contribution in [-0.2, 0) is 6.54 Å². The zero-order chi connectivity index (χ0) is 16.2. The molecule has 0 aromatic carbocycles. The van der Waals surface area contributed by atoms with Crippen LogP contribution in [0.3, 0.4) is 0 Å². The number of piperazine rings is 1. The van der Waals surface area contributed by atoms with E-state index in [0.29, 0.717) is 15.1 Å². The summed E-state index contributed by atoms with van der Waals surface area (Å²) in [6.07, 6.45) is 1.84. The van der Waals surface area contributed by atoms with E-state index in [0.717, 1.165) is 38.3 Å². The Morgan fingerprint density at radius 3 is 2.61 bits per heavy atom. The molecule has 0 N–H and O–H groups in total. The normalized spacial score (nSPS) is 15.7. The van der Waals surface area contributed by atoms with Crippen molar-refractivity contribution in [2.24, 2.45) is 0 Å². The van der Waals surface area contributed by atoms with Gasteiger partial charge in [-0.05, 0) is 17.7 Å². The van der Waals surface area contributed by atoms with Crippen molar-refractivity contribution < 1.29 is 9.53 Å². The molecule has 1 fully saturated rings. The number of nitrogens with zero attached hydrogens (tertiary/aromatic N) is 3. The van der Waals surface area contributed by atoms with E-state index in [1.165, 1.54) is 11.3 Å². The molecule has 1 aliphatic heterocycles. The highest BCUT2D eigenvalue weighted by Gasteiger charge is 2.23. The van der Waals surface area contributed by atoms with Crippen LogP contribution >= 0.6 is 22.9 Å². The van der Waals surface area contributed by atoms with Gasteiger partial charge in [0.15, 0.2) is 0 Å². The monoisotopic (exact) mass is 351 g/mol. The summed E-state index contributed by atoms with van der Waals surface area (Å²) in [5.41, 5.74) is 1.15. The van der Waals surface area contributed by atoms with Gasteiger partial charge in [-0.3, -0.25) is 9.69 Å². The number of hydrogen-bond acceptors (Lipinski definition) is 5. The average molecular weight is 352 g/mol. The van der Waals surface area contributed by atoms with E-state index in [2.05, 4.69) is 9.88 Å². The fraction of sp³-hybridized carbons (Fsp3) is 0.375. The van der Waals surface area contributed by atoms with Gasteiger partial charge in [-0.25, -0.2) is 4.98 Å². The lowest BCUT2D eigenvalue weighted by Gasteiger charge is -2.34. The molecule has 0 saturated carbocycles.